The molecule has 0 radical (unpaired) electrons. The van der Waals surface area contributed by atoms with E-state index in [1.807, 2.05) is 30.3 Å². The van der Waals surface area contributed by atoms with Gasteiger partial charge in [-0.2, -0.15) is 13.2 Å². The number of hydrogen-bond donors (Lipinski definition) is 0. The SMILES string of the molecule is O=C(c1cccc(C(F)(F)F)c1)N(Cc1ccccc1)c1nnc(C23CC4CC(CC(C4)C2)C3)s1. The van der Waals surface area contributed by atoms with E-state index in [4.69, 9.17) is 0 Å². The molecule has 7 rings (SSSR count). The summed E-state index contributed by atoms with van der Waals surface area (Å²) < 4.78 is 40.0. The Hall–Kier alpha value is -2.74. The third-order valence-electron chi connectivity index (χ3n) is 8.00. The zero-order valence-corrected chi connectivity index (χ0v) is 20.0. The zero-order chi connectivity index (χ0) is 24.2. The summed E-state index contributed by atoms with van der Waals surface area (Å²) >= 11 is 1.44. The van der Waals surface area contributed by atoms with Crippen LogP contribution in [0.3, 0.4) is 0 Å². The summed E-state index contributed by atoms with van der Waals surface area (Å²) in [6, 6.07) is 14.0. The zero-order valence-electron chi connectivity index (χ0n) is 19.2. The minimum atomic E-state index is -4.52. The fourth-order valence-corrected chi connectivity index (χ4v) is 7.95. The van der Waals surface area contributed by atoms with Crippen LogP contribution in [-0.2, 0) is 18.1 Å². The fourth-order valence-electron chi connectivity index (χ4n) is 6.89. The molecular formula is C27H26F3N3OS. The summed E-state index contributed by atoms with van der Waals surface area (Å²) in [6.45, 7) is 0.214. The van der Waals surface area contributed by atoms with Gasteiger partial charge in [0.1, 0.15) is 5.01 Å². The standard InChI is InChI=1S/C27H26F3N3OS/c28-27(29,30)22-8-4-7-21(12-22)23(34)33(16-17-5-2-1-3-6-17)25-32-31-24(35-25)26-13-18-9-19(14-26)11-20(10-18)15-26/h1-8,12,18-20H,9-11,13-16H2. The third-order valence-corrected chi connectivity index (χ3v) is 9.20. The van der Waals surface area contributed by atoms with Gasteiger partial charge in [-0.15, -0.1) is 10.2 Å². The average Bonchev–Trinajstić information content (AvgIpc) is 3.33. The quantitative estimate of drug-likeness (QED) is 0.386. The predicted molar refractivity (Wildman–Crippen MR) is 128 cm³/mol. The maximum absolute atomic E-state index is 13.6. The number of hydrogen-bond acceptors (Lipinski definition) is 4. The van der Waals surface area contributed by atoms with Crippen molar-refractivity contribution < 1.29 is 18.0 Å². The molecule has 0 unspecified atom stereocenters. The van der Waals surface area contributed by atoms with Gasteiger partial charge in [-0.25, -0.2) is 0 Å². The van der Waals surface area contributed by atoms with Gasteiger partial charge in [-0.05, 0) is 80.0 Å². The Kier molecular flexibility index (Phi) is 5.47. The van der Waals surface area contributed by atoms with Gasteiger partial charge in [0.15, 0.2) is 0 Å². The molecule has 8 heteroatoms. The lowest BCUT2D eigenvalue weighted by molar-refractivity contribution is -0.137. The molecular weight excluding hydrogens is 471 g/mol. The second-order valence-corrected chi connectivity index (χ2v) is 11.5. The summed E-state index contributed by atoms with van der Waals surface area (Å²) in [6.07, 6.45) is 2.84. The lowest BCUT2D eigenvalue weighted by Gasteiger charge is -2.55. The highest BCUT2D eigenvalue weighted by atomic mass is 32.1. The topological polar surface area (TPSA) is 46.1 Å². The molecule has 0 atom stereocenters. The second kappa shape index (κ2) is 8.43. The van der Waals surface area contributed by atoms with Crippen LogP contribution in [0.5, 0.6) is 0 Å². The van der Waals surface area contributed by atoms with E-state index < -0.39 is 17.6 Å². The van der Waals surface area contributed by atoms with E-state index in [0.717, 1.165) is 59.7 Å². The van der Waals surface area contributed by atoms with Crippen LogP contribution in [0.2, 0.25) is 0 Å². The molecule has 0 spiro atoms. The highest BCUT2D eigenvalue weighted by Crippen LogP contribution is 2.61. The summed E-state index contributed by atoms with van der Waals surface area (Å²) in [7, 11) is 0. The Morgan fingerprint density at radius 3 is 2.23 bits per heavy atom. The predicted octanol–water partition coefficient (Wildman–Crippen LogP) is 6.87. The molecule has 182 valence electrons. The molecule has 1 amide bonds. The monoisotopic (exact) mass is 497 g/mol. The number of rotatable bonds is 5. The number of benzene rings is 2. The smallest absolute Gasteiger partial charge is 0.278 e. The van der Waals surface area contributed by atoms with Crippen molar-refractivity contribution in [2.24, 2.45) is 17.8 Å². The first-order valence-corrected chi connectivity index (χ1v) is 13.0. The molecule has 0 aliphatic heterocycles. The number of alkyl halides is 3. The lowest BCUT2D eigenvalue weighted by Crippen LogP contribution is -2.48. The normalized spacial score (nSPS) is 27.2. The molecule has 3 aromatic rings. The second-order valence-electron chi connectivity index (χ2n) is 10.5. The minimum absolute atomic E-state index is 0.0117. The third kappa shape index (κ3) is 4.26. The molecule has 4 nitrogen and oxygen atoms in total. The molecule has 4 fully saturated rings. The van der Waals surface area contributed by atoms with Gasteiger partial charge in [0.25, 0.3) is 5.91 Å². The molecule has 1 heterocycles. The van der Waals surface area contributed by atoms with Gasteiger partial charge in [-0.1, -0.05) is 47.7 Å². The maximum atomic E-state index is 13.6. The van der Waals surface area contributed by atoms with Crippen molar-refractivity contribution in [1.82, 2.24) is 10.2 Å². The molecule has 35 heavy (non-hydrogen) atoms. The molecule has 0 saturated heterocycles. The van der Waals surface area contributed by atoms with E-state index in [1.54, 1.807) is 0 Å². The fraction of sp³-hybridized carbons (Fsp3) is 0.444. The van der Waals surface area contributed by atoms with Crippen LogP contribution in [0.25, 0.3) is 0 Å². The summed E-state index contributed by atoms with van der Waals surface area (Å²) in [5, 5.41) is 10.5. The Bertz CT molecular complexity index is 1200. The van der Waals surface area contributed by atoms with Crippen molar-refractivity contribution in [3.05, 3.63) is 76.3 Å². The van der Waals surface area contributed by atoms with Gasteiger partial charge in [0, 0.05) is 11.0 Å². The molecule has 2 aromatic carbocycles. The lowest BCUT2D eigenvalue weighted by atomic mass is 9.50. The Labute approximate surface area is 206 Å². The molecule has 0 N–H and O–H groups in total. The van der Waals surface area contributed by atoms with E-state index in [1.165, 1.54) is 47.6 Å². The first-order valence-electron chi connectivity index (χ1n) is 12.2. The van der Waals surface area contributed by atoms with Crippen LogP contribution >= 0.6 is 11.3 Å². The number of anilines is 1. The number of halogens is 3. The molecule has 4 bridgehead atoms. The number of carbonyl (C=O) groups excluding carboxylic acids is 1. The Morgan fingerprint density at radius 1 is 0.943 bits per heavy atom. The minimum Gasteiger partial charge on any atom is -0.278 e. The van der Waals surface area contributed by atoms with Crippen LogP contribution in [0.15, 0.2) is 54.6 Å². The highest BCUT2D eigenvalue weighted by molar-refractivity contribution is 7.15. The highest BCUT2D eigenvalue weighted by Gasteiger charge is 2.53. The van der Waals surface area contributed by atoms with E-state index in [2.05, 4.69) is 10.2 Å². The number of nitrogens with zero attached hydrogens (tertiary/aromatic N) is 3. The van der Waals surface area contributed by atoms with Crippen molar-refractivity contribution >= 4 is 22.4 Å². The molecule has 4 aliphatic carbocycles. The van der Waals surface area contributed by atoms with Gasteiger partial charge in [0.05, 0.1) is 12.1 Å². The van der Waals surface area contributed by atoms with E-state index in [9.17, 15) is 18.0 Å². The van der Waals surface area contributed by atoms with Crippen LogP contribution in [0.1, 0.15) is 65.0 Å². The first-order chi connectivity index (χ1) is 16.8. The van der Waals surface area contributed by atoms with Crippen LogP contribution in [-0.4, -0.2) is 16.1 Å². The van der Waals surface area contributed by atoms with Gasteiger partial charge in [-0.3, -0.25) is 9.69 Å². The van der Waals surface area contributed by atoms with Crippen molar-refractivity contribution in [3.8, 4) is 0 Å². The maximum Gasteiger partial charge on any atom is 0.416 e. The van der Waals surface area contributed by atoms with Crippen LogP contribution < -0.4 is 4.90 Å². The van der Waals surface area contributed by atoms with Crippen LogP contribution in [0.4, 0.5) is 18.3 Å². The van der Waals surface area contributed by atoms with Crippen molar-refractivity contribution in [2.75, 3.05) is 4.90 Å². The largest absolute Gasteiger partial charge is 0.416 e. The number of carbonyl (C=O) groups is 1. The van der Waals surface area contributed by atoms with Gasteiger partial charge < -0.3 is 0 Å². The molecule has 4 saturated carbocycles. The van der Waals surface area contributed by atoms with Crippen molar-refractivity contribution in [2.45, 2.75) is 56.7 Å². The number of aromatic nitrogens is 2. The van der Waals surface area contributed by atoms with E-state index >= 15 is 0 Å². The Balaban J connectivity index is 1.35. The van der Waals surface area contributed by atoms with Crippen molar-refractivity contribution in [1.29, 1.82) is 0 Å². The number of amides is 1. The van der Waals surface area contributed by atoms with Gasteiger partial charge in [0.2, 0.25) is 5.13 Å². The van der Waals surface area contributed by atoms with Crippen molar-refractivity contribution in [3.63, 3.8) is 0 Å². The summed E-state index contributed by atoms with van der Waals surface area (Å²) in [5.74, 6) is 1.75. The molecule has 4 aliphatic rings. The Morgan fingerprint density at radius 2 is 1.60 bits per heavy atom. The summed E-state index contributed by atoms with van der Waals surface area (Å²) in [5.41, 5.74) is 0.0683. The van der Waals surface area contributed by atoms with E-state index in [-0.39, 0.29) is 17.5 Å². The van der Waals surface area contributed by atoms with Crippen LogP contribution in [0, 0.1) is 17.8 Å². The summed E-state index contributed by atoms with van der Waals surface area (Å²) in [4.78, 5) is 15.1. The average molecular weight is 498 g/mol. The van der Waals surface area contributed by atoms with E-state index in [0.29, 0.717) is 5.13 Å². The molecule has 1 aromatic heterocycles. The van der Waals surface area contributed by atoms with Gasteiger partial charge >= 0.3 is 6.18 Å². The first kappa shape index (κ1) is 22.7.